The summed E-state index contributed by atoms with van der Waals surface area (Å²) in [6.45, 7) is 1.67. The zero-order valence-corrected chi connectivity index (χ0v) is 16.3. The van der Waals surface area contributed by atoms with Gasteiger partial charge in [-0.2, -0.15) is 0 Å². The second kappa shape index (κ2) is 8.63. The summed E-state index contributed by atoms with van der Waals surface area (Å²) in [4.78, 5) is 50.1. The Kier molecular flexibility index (Phi) is 6.20. The van der Waals surface area contributed by atoms with Crippen LogP contribution >= 0.6 is 0 Å². The average molecular weight is 402 g/mol. The number of benzene rings is 1. The number of carboxylic acids is 2. The van der Waals surface area contributed by atoms with Crippen LogP contribution in [0.25, 0.3) is 0 Å². The van der Waals surface area contributed by atoms with E-state index >= 15 is 0 Å². The standard InChI is InChI=1S/C21H26N2O6/c1-12(22-18(24)15-8-4-5-9-16(15)20(26)27)19(25)23-11-14-7-3-2-6-13(14)10-17(23)21(28)29/h2-3,6-7,12,15-17H,4-5,8-11H2,1H3,(H,22,24)(H,26,27)(H,28,29)/t12?,15-,16-,17+/m1/s1. The van der Waals surface area contributed by atoms with Crippen LogP contribution in [0, 0.1) is 11.8 Å². The molecule has 0 spiro atoms. The summed E-state index contributed by atoms with van der Waals surface area (Å²) < 4.78 is 0. The van der Waals surface area contributed by atoms with Gasteiger partial charge in [-0.3, -0.25) is 14.4 Å². The largest absolute Gasteiger partial charge is 0.481 e. The maximum Gasteiger partial charge on any atom is 0.326 e. The van der Waals surface area contributed by atoms with E-state index in [1.807, 2.05) is 24.3 Å². The summed E-state index contributed by atoms with van der Waals surface area (Å²) in [5.74, 6) is -4.45. The summed E-state index contributed by atoms with van der Waals surface area (Å²) in [7, 11) is 0. The minimum atomic E-state index is -1.09. The highest BCUT2D eigenvalue weighted by molar-refractivity contribution is 5.92. The summed E-state index contributed by atoms with van der Waals surface area (Å²) in [5, 5.41) is 21.6. The summed E-state index contributed by atoms with van der Waals surface area (Å²) in [6, 6.07) is 5.44. The molecule has 1 unspecified atom stereocenters. The van der Waals surface area contributed by atoms with Gasteiger partial charge in [0, 0.05) is 13.0 Å². The van der Waals surface area contributed by atoms with Crippen molar-refractivity contribution in [3.8, 4) is 0 Å². The van der Waals surface area contributed by atoms with Gasteiger partial charge < -0.3 is 20.4 Å². The topological polar surface area (TPSA) is 124 Å². The minimum absolute atomic E-state index is 0.160. The number of rotatable bonds is 5. The molecule has 3 N–H and O–H groups in total. The zero-order chi connectivity index (χ0) is 21.1. The number of aliphatic carboxylic acids is 2. The zero-order valence-electron chi connectivity index (χ0n) is 16.3. The number of carbonyl (C=O) groups excluding carboxylic acids is 2. The fourth-order valence-corrected chi connectivity index (χ4v) is 4.35. The molecule has 8 heteroatoms. The van der Waals surface area contributed by atoms with Crippen LogP contribution in [0.4, 0.5) is 0 Å². The first-order valence-electron chi connectivity index (χ1n) is 9.93. The maximum absolute atomic E-state index is 13.0. The minimum Gasteiger partial charge on any atom is -0.481 e. The lowest BCUT2D eigenvalue weighted by Crippen LogP contribution is -2.55. The van der Waals surface area contributed by atoms with Crippen molar-refractivity contribution in [2.24, 2.45) is 11.8 Å². The molecule has 29 heavy (non-hydrogen) atoms. The van der Waals surface area contributed by atoms with E-state index in [1.165, 1.54) is 11.8 Å². The summed E-state index contributed by atoms with van der Waals surface area (Å²) in [5.41, 5.74) is 1.78. The highest BCUT2D eigenvalue weighted by Crippen LogP contribution is 2.31. The molecule has 0 radical (unpaired) electrons. The van der Waals surface area contributed by atoms with Crippen LogP contribution in [0.3, 0.4) is 0 Å². The predicted molar refractivity (Wildman–Crippen MR) is 103 cm³/mol. The number of carbonyl (C=O) groups is 4. The van der Waals surface area contributed by atoms with Gasteiger partial charge in [0.15, 0.2) is 0 Å². The molecule has 1 aliphatic carbocycles. The molecule has 4 atom stereocenters. The van der Waals surface area contributed by atoms with Crippen molar-refractivity contribution in [2.45, 2.75) is 57.7 Å². The number of carboxylic acid groups (broad SMARTS) is 2. The Morgan fingerprint density at radius 2 is 1.62 bits per heavy atom. The molecule has 0 aromatic heterocycles. The van der Waals surface area contributed by atoms with E-state index in [2.05, 4.69) is 5.32 Å². The Morgan fingerprint density at radius 3 is 2.24 bits per heavy atom. The van der Waals surface area contributed by atoms with Crippen molar-refractivity contribution in [3.05, 3.63) is 35.4 Å². The Labute approximate surface area is 168 Å². The molecule has 156 valence electrons. The van der Waals surface area contributed by atoms with Gasteiger partial charge in [-0.05, 0) is 30.9 Å². The average Bonchev–Trinajstić information content (AvgIpc) is 2.71. The van der Waals surface area contributed by atoms with Gasteiger partial charge in [0.25, 0.3) is 0 Å². The normalized spacial score (nSPS) is 24.9. The quantitative estimate of drug-likeness (QED) is 0.684. The second-order valence-corrected chi connectivity index (χ2v) is 7.86. The molecular weight excluding hydrogens is 376 g/mol. The van der Waals surface area contributed by atoms with Crippen molar-refractivity contribution >= 4 is 23.8 Å². The third kappa shape index (κ3) is 4.41. The summed E-state index contributed by atoms with van der Waals surface area (Å²) >= 11 is 0. The molecular formula is C21H26N2O6. The molecule has 2 amide bonds. The lowest BCUT2D eigenvalue weighted by atomic mass is 9.78. The fourth-order valence-electron chi connectivity index (χ4n) is 4.35. The van der Waals surface area contributed by atoms with Crippen molar-refractivity contribution < 1.29 is 29.4 Å². The van der Waals surface area contributed by atoms with Gasteiger partial charge in [-0.1, -0.05) is 37.1 Å². The monoisotopic (exact) mass is 402 g/mol. The molecule has 1 heterocycles. The molecule has 1 saturated carbocycles. The number of hydrogen-bond donors (Lipinski definition) is 3. The first kappa shape index (κ1) is 20.8. The van der Waals surface area contributed by atoms with Crippen molar-refractivity contribution in [1.29, 1.82) is 0 Å². The van der Waals surface area contributed by atoms with Gasteiger partial charge in [0.1, 0.15) is 12.1 Å². The smallest absolute Gasteiger partial charge is 0.326 e. The van der Waals surface area contributed by atoms with Gasteiger partial charge in [-0.25, -0.2) is 4.79 Å². The van der Waals surface area contributed by atoms with Crippen LogP contribution in [-0.2, 0) is 32.1 Å². The van der Waals surface area contributed by atoms with Gasteiger partial charge >= 0.3 is 11.9 Å². The lowest BCUT2D eigenvalue weighted by molar-refractivity contribution is -0.153. The van der Waals surface area contributed by atoms with E-state index in [4.69, 9.17) is 0 Å². The molecule has 1 aromatic rings. The Hall–Kier alpha value is -2.90. The van der Waals surface area contributed by atoms with Crippen LogP contribution in [0.15, 0.2) is 24.3 Å². The summed E-state index contributed by atoms with van der Waals surface area (Å²) in [6.07, 6.45) is 2.66. The number of fused-ring (bicyclic) bond motifs is 1. The SMILES string of the molecule is CC(NC(=O)[C@@H]1CCCC[C@H]1C(=O)O)C(=O)N1Cc2ccccc2C[C@H]1C(=O)O. The van der Waals surface area contributed by atoms with Gasteiger partial charge in [0.2, 0.25) is 11.8 Å². The van der Waals surface area contributed by atoms with Gasteiger partial charge in [0.05, 0.1) is 11.8 Å². The molecule has 0 bridgehead atoms. The highest BCUT2D eigenvalue weighted by Gasteiger charge is 2.39. The first-order chi connectivity index (χ1) is 13.8. The third-order valence-electron chi connectivity index (χ3n) is 5.97. The van der Waals surface area contributed by atoms with E-state index in [0.29, 0.717) is 12.8 Å². The Bertz CT molecular complexity index is 823. The Morgan fingerprint density at radius 1 is 1.00 bits per heavy atom. The predicted octanol–water partition coefficient (Wildman–Crippen LogP) is 1.42. The van der Waals surface area contributed by atoms with Crippen molar-refractivity contribution in [2.75, 3.05) is 0 Å². The van der Waals surface area contributed by atoms with Crippen LogP contribution in [0.1, 0.15) is 43.7 Å². The van der Waals surface area contributed by atoms with Crippen LogP contribution < -0.4 is 5.32 Å². The number of amides is 2. The molecule has 0 saturated heterocycles. The van der Waals surface area contributed by atoms with E-state index in [-0.39, 0.29) is 13.0 Å². The van der Waals surface area contributed by atoms with Crippen molar-refractivity contribution in [1.82, 2.24) is 10.2 Å². The van der Waals surface area contributed by atoms with Crippen molar-refractivity contribution in [3.63, 3.8) is 0 Å². The molecule has 8 nitrogen and oxygen atoms in total. The van der Waals surface area contributed by atoms with E-state index in [1.54, 1.807) is 0 Å². The highest BCUT2D eigenvalue weighted by atomic mass is 16.4. The number of nitrogens with one attached hydrogen (secondary N) is 1. The van der Waals surface area contributed by atoms with Gasteiger partial charge in [-0.15, -0.1) is 0 Å². The van der Waals surface area contributed by atoms with Crippen LogP contribution in [-0.4, -0.2) is 50.9 Å². The first-order valence-corrected chi connectivity index (χ1v) is 9.93. The Balaban J connectivity index is 1.72. The van der Waals surface area contributed by atoms with Crippen LogP contribution in [0.2, 0.25) is 0 Å². The fraction of sp³-hybridized carbons (Fsp3) is 0.524. The molecule has 1 aromatic carbocycles. The van der Waals surface area contributed by atoms with E-state index < -0.39 is 47.7 Å². The second-order valence-electron chi connectivity index (χ2n) is 7.86. The number of hydrogen-bond acceptors (Lipinski definition) is 4. The van der Waals surface area contributed by atoms with E-state index in [0.717, 1.165) is 24.0 Å². The third-order valence-corrected chi connectivity index (χ3v) is 5.97. The number of nitrogens with zero attached hydrogens (tertiary/aromatic N) is 1. The maximum atomic E-state index is 13.0. The molecule has 2 aliphatic rings. The lowest BCUT2D eigenvalue weighted by Gasteiger charge is -2.36. The molecule has 3 rings (SSSR count). The van der Waals surface area contributed by atoms with Crippen LogP contribution in [0.5, 0.6) is 0 Å². The van der Waals surface area contributed by atoms with E-state index in [9.17, 15) is 29.4 Å². The molecule has 1 fully saturated rings. The molecule has 1 aliphatic heterocycles.